The van der Waals surface area contributed by atoms with Gasteiger partial charge in [-0.05, 0) is 37.1 Å². The van der Waals surface area contributed by atoms with Crippen molar-refractivity contribution < 1.29 is 22.7 Å². The van der Waals surface area contributed by atoms with Gasteiger partial charge < -0.3 is 14.5 Å². The molecule has 2 fully saturated rings. The molecule has 4 rings (SSSR count). The monoisotopic (exact) mass is 471 g/mol. The number of benzene rings is 2. The molecule has 2 heterocycles. The van der Waals surface area contributed by atoms with E-state index >= 15 is 0 Å². The molecule has 5 nitrogen and oxygen atoms in total. The summed E-state index contributed by atoms with van der Waals surface area (Å²) in [6.07, 6.45) is -3.56. The second-order valence-electron chi connectivity index (χ2n) is 9.46. The van der Waals surface area contributed by atoms with Crippen molar-refractivity contribution >= 4 is 11.6 Å². The van der Waals surface area contributed by atoms with Crippen LogP contribution in [0.15, 0.2) is 42.5 Å². The number of methoxy groups -OCH3 is 1. The molecule has 1 amide bonds. The van der Waals surface area contributed by atoms with Gasteiger partial charge in [-0.2, -0.15) is 18.4 Å². The maximum absolute atomic E-state index is 13.5. The lowest BCUT2D eigenvalue weighted by atomic mass is 9.73. The first-order valence-corrected chi connectivity index (χ1v) is 11.3. The van der Waals surface area contributed by atoms with Crippen molar-refractivity contribution in [3.05, 3.63) is 64.7 Å². The Kier molecular flexibility index (Phi) is 6.59. The minimum atomic E-state index is -4.59. The fourth-order valence-corrected chi connectivity index (χ4v) is 5.28. The fraction of sp³-hybridized carbons (Fsp3) is 0.462. The van der Waals surface area contributed by atoms with Crippen LogP contribution in [-0.2, 0) is 22.1 Å². The topological polar surface area (TPSA) is 56.6 Å². The summed E-state index contributed by atoms with van der Waals surface area (Å²) in [5.74, 6) is 0.131. The molecule has 2 aromatic rings. The molecule has 0 radical (unpaired) electrons. The van der Waals surface area contributed by atoms with E-state index in [2.05, 4.69) is 0 Å². The van der Waals surface area contributed by atoms with Crippen LogP contribution in [-0.4, -0.2) is 50.7 Å². The van der Waals surface area contributed by atoms with Gasteiger partial charge in [0.05, 0.1) is 30.2 Å². The Hall–Kier alpha value is -3.05. The molecule has 180 valence electrons. The molecule has 0 aliphatic carbocycles. The van der Waals surface area contributed by atoms with E-state index in [4.69, 9.17) is 10.00 Å². The average molecular weight is 472 g/mol. The lowest BCUT2D eigenvalue weighted by Crippen LogP contribution is -2.49. The highest BCUT2D eigenvalue weighted by Gasteiger charge is 2.50. The van der Waals surface area contributed by atoms with Gasteiger partial charge >= 0.3 is 6.18 Å². The summed E-state index contributed by atoms with van der Waals surface area (Å²) in [6, 6.07) is 13.4. The van der Waals surface area contributed by atoms with Crippen LogP contribution in [0.3, 0.4) is 0 Å². The summed E-state index contributed by atoms with van der Waals surface area (Å²) in [5, 5.41) is 9.08. The number of alkyl halides is 3. The maximum atomic E-state index is 13.5. The van der Waals surface area contributed by atoms with E-state index in [9.17, 15) is 18.0 Å². The lowest BCUT2D eigenvalue weighted by Gasteiger charge is -2.44. The van der Waals surface area contributed by atoms with E-state index in [1.165, 1.54) is 6.07 Å². The fourth-order valence-electron chi connectivity index (χ4n) is 5.28. The van der Waals surface area contributed by atoms with E-state index < -0.39 is 11.7 Å². The first-order valence-electron chi connectivity index (χ1n) is 11.3. The van der Waals surface area contributed by atoms with Crippen molar-refractivity contribution in [2.45, 2.75) is 25.9 Å². The number of carbonyl (C=O) groups is 1. The van der Waals surface area contributed by atoms with Crippen molar-refractivity contribution in [1.82, 2.24) is 4.90 Å². The minimum absolute atomic E-state index is 0.0537. The van der Waals surface area contributed by atoms with Gasteiger partial charge in [0.1, 0.15) is 0 Å². The second kappa shape index (κ2) is 9.30. The zero-order valence-electron chi connectivity index (χ0n) is 19.4. The van der Waals surface area contributed by atoms with Crippen LogP contribution in [0.1, 0.15) is 28.7 Å². The number of hydrogen-bond donors (Lipinski definition) is 0. The van der Waals surface area contributed by atoms with Crippen molar-refractivity contribution in [2.75, 3.05) is 44.8 Å². The van der Waals surface area contributed by atoms with E-state index in [1.54, 1.807) is 19.2 Å². The molecule has 2 aliphatic heterocycles. The van der Waals surface area contributed by atoms with Crippen LogP contribution in [0, 0.1) is 29.6 Å². The number of nitrogens with zero attached hydrogens (tertiary/aromatic N) is 3. The number of rotatable bonds is 5. The van der Waals surface area contributed by atoms with Crippen molar-refractivity contribution in [3.63, 3.8) is 0 Å². The summed E-state index contributed by atoms with van der Waals surface area (Å²) in [5.41, 5.74) is 1.04. The van der Waals surface area contributed by atoms with Gasteiger partial charge in [-0.3, -0.25) is 4.79 Å². The number of fused-ring (bicyclic) bond motifs is 1. The Morgan fingerprint density at radius 3 is 2.59 bits per heavy atom. The van der Waals surface area contributed by atoms with Gasteiger partial charge in [-0.25, -0.2) is 0 Å². The Morgan fingerprint density at radius 2 is 1.94 bits per heavy atom. The van der Waals surface area contributed by atoms with Crippen molar-refractivity contribution in [2.24, 2.45) is 11.3 Å². The van der Waals surface area contributed by atoms with Crippen LogP contribution in [0.2, 0.25) is 0 Å². The molecule has 8 heteroatoms. The highest BCUT2D eigenvalue weighted by Crippen LogP contribution is 2.45. The molecule has 34 heavy (non-hydrogen) atoms. The Bertz CT molecular complexity index is 1090. The molecular weight excluding hydrogens is 443 g/mol. The van der Waals surface area contributed by atoms with E-state index in [1.807, 2.05) is 41.0 Å². The SMILES string of the molecule is COC[C@@]12CCN(c3ccc(C#N)c(C(F)(F)F)c3)C[C@@H]1CN(C(=O)Cc1ccc(C)cc1)C2. The predicted molar refractivity (Wildman–Crippen MR) is 122 cm³/mol. The highest BCUT2D eigenvalue weighted by molar-refractivity contribution is 5.79. The summed E-state index contributed by atoms with van der Waals surface area (Å²) in [6.45, 7) is 4.73. The molecule has 0 unspecified atom stereocenters. The zero-order valence-corrected chi connectivity index (χ0v) is 19.4. The van der Waals surface area contributed by atoms with E-state index in [-0.39, 0.29) is 22.8 Å². The minimum Gasteiger partial charge on any atom is -0.384 e. The normalized spacial score (nSPS) is 22.4. The molecule has 0 aromatic heterocycles. The number of nitriles is 1. The van der Waals surface area contributed by atoms with Crippen LogP contribution in [0.4, 0.5) is 18.9 Å². The summed E-state index contributed by atoms with van der Waals surface area (Å²) >= 11 is 0. The summed E-state index contributed by atoms with van der Waals surface area (Å²) < 4.78 is 45.9. The number of piperidine rings is 1. The molecule has 2 aliphatic rings. The standard InChI is InChI=1S/C26H28F3N3O2/c1-18-3-5-19(6-4-18)11-24(33)32-15-21-14-31(10-9-25(21,16-32)17-34-2)22-8-7-20(13-30)23(12-22)26(27,28)29/h3-8,12,21H,9-11,14-17H2,1-2H3/t21-,25+/m1/s1. The smallest absolute Gasteiger partial charge is 0.384 e. The number of halogens is 3. The van der Waals surface area contributed by atoms with Gasteiger partial charge in [0.15, 0.2) is 0 Å². The first-order chi connectivity index (χ1) is 16.1. The van der Waals surface area contributed by atoms with Crippen molar-refractivity contribution in [3.8, 4) is 6.07 Å². The average Bonchev–Trinajstić information content (AvgIpc) is 3.18. The molecule has 2 saturated heterocycles. The molecule has 2 atom stereocenters. The van der Waals surface area contributed by atoms with Gasteiger partial charge in [0.2, 0.25) is 5.91 Å². The Labute approximate surface area is 197 Å². The van der Waals surface area contributed by atoms with Crippen LogP contribution in [0.5, 0.6) is 0 Å². The predicted octanol–water partition coefficient (Wildman–Crippen LogP) is 4.43. The maximum Gasteiger partial charge on any atom is 0.417 e. The quantitative estimate of drug-likeness (QED) is 0.648. The van der Waals surface area contributed by atoms with E-state index in [0.717, 1.165) is 17.2 Å². The number of anilines is 1. The number of likely N-dealkylation sites (tertiary alicyclic amines) is 1. The molecule has 0 N–H and O–H groups in total. The van der Waals surface area contributed by atoms with Gasteiger partial charge in [0, 0.05) is 50.3 Å². The summed E-state index contributed by atoms with van der Waals surface area (Å²) in [4.78, 5) is 16.9. The van der Waals surface area contributed by atoms with Crippen molar-refractivity contribution in [1.29, 1.82) is 5.26 Å². The van der Waals surface area contributed by atoms with Crippen LogP contribution >= 0.6 is 0 Å². The van der Waals surface area contributed by atoms with Crippen LogP contribution < -0.4 is 4.90 Å². The van der Waals surface area contributed by atoms with Gasteiger partial charge in [-0.1, -0.05) is 29.8 Å². The second-order valence-corrected chi connectivity index (χ2v) is 9.46. The third-order valence-electron chi connectivity index (χ3n) is 7.19. The highest BCUT2D eigenvalue weighted by atomic mass is 19.4. The molecule has 0 bridgehead atoms. The lowest BCUT2D eigenvalue weighted by molar-refractivity contribution is -0.137. The number of hydrogen-bond acceptors (Lipinski definition) is 4. The Balaban J connectivity index is 1.52. The molecular formula is C26H28F3N3O2. The number of amides is 1. The van der Waals surface area contributed by atoms with Crippen LogP contribution in [0.25, 0.3) is 0 Å². The molecule has 0 spiro atoms. The third-order valence-corrected chi connectivity index (χ3v) is 7.19. The van der Waals surface area contributed by atoms with Gasteiger partial charge in [0.25, 0.3) is 0 Å². The third kappa shape index (κ3) is 4.76. The number of aryl methyl sites for hydroxylation is 1. The first kappa shape index (κ1) is 24.1. The number of ether oxygens (including phenoxy) is 1. The summed E-state index contributed by atoms with van der Waals surface area (Å²) in [7, 11) is 1.64. The largest absolute Gasteiger partial charge is 0.417 e. The molecule has 0 saturated carbocycles. The van der Waals surface area contributed by atoms with Gasteiger partial charge in [-0.15, -0.1) is 0 Å². The molecule has 2 aromatic carbocycles. The zero-order chi connectivity index (χ0) is 24.5. The van der Waals surface area contributed by atoms with E-state index in [0.29, 0.717) is 51.3 Å². The Morgan fingerprint density at radius 1 is 1.21 bits per heavy atom. The number of carbonyl (C=O) groups excluding carboxylic acids is 1.